The van der Waals surface area contributed by atoms with Crippen LogP contribution in [-0.4, -0.2) is 29.1 Å². The molecule has 0 unspecified atom stereocenters. The number of carboxylic acids is 1. The maximum Gasteiger partial charge on any atom is 0.340 e. The van der Waals surface area contributed by atoms with Gasteiger partial charge in [-0.05, 0) is 6.07 Å². The maximum absolute atomic E-state index is 11.1. The molecule has 1 N–H and O–H groups in total. The summed E-state index contributed by atoms with van der Waals surface area (Å²) in [6.45, 7) is 0. The zero-order valence-corrected chi connectivity index (χ0v) is 7.91. The molecule has 6 heteroatoms. The summed E-state index contributed by atoms with van der Waals surface area (Å²) in [4.78, 5) is 25.4. The van der Waals surface area contributed by atoms with Crippen molar-refractivity contribution < 1.29 is 19.4 Å². The summed E-state index contributed by atoms with van der Waals surface area (Å²) in [7, 11) is 1.16. The molecule has 0 radical (unpaired) electrons. The third-order valence-electron chi connectivity index (χ3n) is 1.51. The largest absolute Gasteiger partial charge is 0.478 e. The van der Waals surface area contributed by atoms with E-state index in [0.717, 1.165) is 19.4 Å². The highest BCUT2D eigenvalue weighted by molar-refractivity contribution is 6.29. The quantitative estimate of drug-likeness (QED) is 0.593. The topological polar surface area (TPSA) is 76.5 Å². The fourth-order valence-corrected chi connectivity index (χ4v) is 1.04. The Morgan fingerprint density at radius 1 is 1.50 bits per heavy atom. The summed E-state index contributed by atoms with van der Waals surface area (Å²) in [6.07, 6.45) is 1.07. The van der Waals surface area contributed by atoms with E-state index in [4.69, 9.17) is 16.7 Å². The van der Waals surface area contributed by atoms with Crippen LogP contribution in [0.15, 0.2) is 12.3 Å². The number of nitrogens with zero attached hydrogens (tertiary/aromatic N) is 1. The predicted molar refractivity (Wildman–Crippen MR) is 47.5 cm³/mol. The highest BCUT2D eigenvalue weighted by Crippen LogP contribution is 2.13. The lowest BCUT2D eigenvalue weighted by atomic mass is 10.1. The molecule has 1 rings (SSSR count). The fourth-order valence-electron chi connectivity index (χ4n) is 0.879. The first-order chi connectivity index (χ1) is 6.56. The number of methoxy groups -OCH3 is 1. The van der Waals surface area contributed by atoms with Crippen LogP contribution in [0.4, 0.5) is 0 Å². The van der Waals surface area contributed by atoms with E-state index in [0.29, 0.717) is 0 Å². The van der Waals surface area contributed by atoms with Gasteiger partial charge in [-0.25, -0.2) is 14.6 Å². The molecule has 0 aromatic carbocycles. The molecule has 0 fully saturated rings. The molecule has 1 aromatic rings. The van der Waals surface area contributed by atoms with Crippen molar-refractivity contribution in [1.29, 1.82) is 0 Å². The molecule has 1 aromatic heterocycles. The summed E-state index contributed by atoms with van der Waals surface area (Å²) >= 11 is 5.48. The number of hydrogen-bond donors (Lipinski definition) is 1. The van der Waals surface area contributed by atoms with Gasteiger partial charge in [0.1, 0.15) is 5.15 Å². The Hall–Kier alpha value is -1.62. The second kappa shape index (κ2) is 4.06. The molecular weight excluding hydrogens is 210 g/mol. The monoisotopic (exact) mass is 215 g/mol. The van der Waals surface area contributed by atoms with Crippen molar-refractivity contribution in [3.63, 3.8) is 0 Å². The van der Waals surface area contributed by atoms with Crippen LogP contribution in [0.3, 0.4) is 0 Å². The van der Waals surface area contributed by atoms with E-state index in [-0.39, 0.29) is 16.3 Å². The number of aromatic carboxylic acids is 1. The molecule has 14 heavy (non-hydrogen) atoms. The molecule has 0 saturated heterocycles. The van der Waals surface area contributed by atoms with Crippen molar-refractivity contribution in [2.75, 3.05) is 7.11 Å². The average molecular weight is 216 g/mol. The van der Waals surface area contributed by atoms with Crippen LogP contribution >= 0.6 is 11.6 Å². The number of ether oxygens (including phenoxy) is 1. The predicted octanol–water partition coefficient (Wildman–Crippen LogP) is 1.22. The van der Waals surface area contributed by atoms with Gasteiger partial charge in [-0.3, -0.25) is 0 Å². The van der Waals surface area contributed by atoms with Crippen LogP contribution in [0.2, 0.25) is 5.15 Å². The lowest BCUT2D eigenvalue weighted by Gasteiger charge is -2.02. The van der Waals surface area contributed by atoms with Crippen molar-refractivity contribution in [3.05, 3.63) is 28.5 Å². The lowest BCUT2D eigenvalue weighted by molar-refractivity contribution is 0.0582. The average Bonchev–Trinajstić information content (AvgIpc) is 2.16. The van der Waals surface area contributed by atoms with Gasteiger partial charge in [0, 0.05) is 6.20 Å². The number of carboxylic acid groups (broad SMARTS) is 1. The van der Waals surface area contributed by atoms with Gasteiger partial charge in [0.05, 0.1) is 18.2 Å². The van der Waals surface area contributed by atoms with Crippen molar-refractivity contribution in [1.82, 2.24) is 4.98 Å². The van der Waals surface area contributed by atoms with E-state index in [1.54, 1.807) is 0 Å². The minimum atomic E-state index is -1.25. The molecule has 0 spiro atoms. The number of esters is 1. The van der Waals surface area contributed by atoms with Crippen LogP contribution in [0.1, 0.15) is 20.7 Å². The number of rotatable bonds is 2. The van der Waals surface area contributed by atoms with Crippen molar-refractivity contribution in [2.45, 2.75) is 0 Å². The fraction of sp³-hybridized carbons (Fsp3) is 0.125. The molecule has 0 aliphatic heterocycles. The maximum atomic E-state index is 11.1. The van der Waals surface area contributed by atoms with Gasteiger partial charge in [-0.15, -0.1) is 0 Å². The highest BCUT2D eigenvalue weighted by Gasteiger charge is 2.17. The molecular formula is C8H6ClNO4. The second-order valence-electron chi connectivity index (χ2n) is 2.35. The van der Waals surface area contributed by atoms with Gasteiger partial charge in [0.15, 0.2) is 0 Å². The van der Waals surface area contributed by atoms with Crippen LogP contribution in [0.25, 0.3) is 0 Å². The Labute approximate surface area is 84.3 Å². The number of pyridine rings is 1. The van der Waals surface area contributed by atoms with Crippen molar-refractivity contribution in [3.8, 4) is 0 Å². The SMILES string of the molecule is COC(=O)c1cnc(Cl)cc1C(=O)O. The highest BCUT2D eigenvalue weighted by atomic mass is 35.5. The summed E-state index contributed by atoms with van der Waals surface area (Å²) in [5, 5.41) is 8.75. The summed E-state index contributed by atoms with van der Waals surface area (Å²) in [5.74, 6) is -2.01. The van der Waals surface area contributed by atoms with Gasteiger partial charge in [0.2, 0.25) is 0 Å². The molecule has 0 amide bonds. The normalized spacial score (nSPS) is 9.57. The third kappa shape index (κ3) is 2.00. The standard InChI is InChI=1S/C8H6ClNO4/c1-14-8(13)5-3-10-6(9)2-4(5)7(11)12/h2-3H,1H3,(H,11,12). The first-order valence-corrected chi connectivity index (χ1v) is 3.91. The van der Waals surface area contributed by atoms with Gasteiger partial charge in [-0.2, -0.15) is 0 Å². The molecule has 0 aliphatic carbocycles. The minimum absolute atomic E-state index is 0.00931. The van der Waals surface area contributed by atoms with E-state index in [1.807, 2.05) is 0 Å². The smallest absolute Gasteiger partial charge is 0.340 e. The van der Waals surface area contributed by atoms with Crippen LogP contribution in [0.5, 0.6) is 0 Å². The van der Waals surface area contributed by atoms with E-state index in [2.05, 4.69) is 9.72 Å². The van der Waals surface area contributed by atoms with Crippen LogP contribution in [0, 0.1) is 0 Å². The molecule has 0 bridgehead atoms. The Kier molecular flexibility index (Phi) is 3.03. The first kappa shape index (κ1) is 10.5. The van der Waals surface area contributed by atoms with Crippen LogP contribution in [-0.2, 0) is 4.74 Å². The Morgan fingerprint density at radius 2 is 2.14 bits per heavy atom. The Bertz CT molecular complexity index is 391. The number of carbonyl (C=O) groups excluding carboxylic acids is 1. The molecule has 1 heterocycles. The van der Waals surface area contributed by atoms with E-state index >= 15 is 0 Å². The van der Waals surface area contributed by atoms with Crippen LogP contribution < -0.4 is 0 Å². The van der Waals surface area contributed by atoms with E-state index in [1.165, 1.54) is 0 Å². The van der Waals surface area contributed by atoms with Gasteiger partial charge in [-0.1, -0.05) is 11.6 Å². The molecule has 0 aliphatic rings. The number of aromatic nitrogens is 1. The van der Waals surface area contributed by atoms with Crippen molar-refractivity contribution in [2.24, 2.45) is 0 Å². The number of hydrogen-bond acceptors (Lipinski definition) is 4. The molecule has 74 valence electrons. The first-order valence-electron chi connectivity index (χ1n) is 3.53. The zero-order chi connectivity index (χ0) is 10.7. The van der Waals surface area contributed by atoms with E-state index < -0.39 is 11.9 Å². The summed E-state index contributed by atoms with van der Waals surface area (Å²) in [5.41, 5.74) is -0.346. The minimum Gasteiger partial charge on any atom is -0.478 e. The summed E-state index contributed by atoms with van der Waals surface area (Å²) in [6, 6.07) is 1.09. The third-order valence-corrected chi connectivity index (χ3v) is 1.71. The lowest BCUT2D eigenvalue weighted by Crippen LogP contribution is -2.10. The molecule has 0 saturated carbocycles. The molecule has 0 atom stereocenters. The van der Waals surface area contributed by atoms with Gasteiger partial charge in [0.25, 0.3) is 0 Å². The molecule has 5 nitrogen and oxygen atoms in total. The zero-order valence-electron chi connectivity index (χ0n) is 7.15. The van der Waals surface area contributed by atoms with E-state index in [9.17, 15) is 9.59 Å². The number of halogens is 1. The van der Waals surface area contributed by atoms with Gasteiger partial charge < -0.3 is 9.84 Å². The summed E-state index contributed by atoms with van der Waals surface area (Å²) < 4.78 is 4.38. The Balaban J connectivity index is 3.28. The van der Waals surface area contributed by atoms with Gasteiger partial charge >= 0.3 is 11.9 Å². The van der Waals surface area contributed by atoms with Crippen molar-refractivity contribution >= 4 is 23.5 Å². The Morgan fingerprint density at radius 3 is 2.64 bits per heavy atom. The second-order valence-corrected chi connectivity index (χ2v) is 2.74. The number of carbonyl (C=O) groups is 2.